The van der Waals surface area contributed by atoms with E-state index in [4.69, 9.17) is 0 Å². The number of anilines is 1. The van der Waals surface area contributed by atoms with Gasteiger partial charge in [-0.25, -0.2) is 14.5 Å². The number of amides is 5. The lowest BCUT2D eigenvalue weighted by Crippen LogP contribution is -2.64. The summed E-state index contributed by atoms with van der Waals surface area (Å²) in [4.78, 5) is 36.8. The van der Waals surface area contributed by atoms with E-state index >= 15 is 0 Å². The van der Waals surface area contributed by atoms with Crippen LogP contribution in [0.2, 0.25) is 0 Å². The topological polar surface area (TPSA) is 81.8 Å². The summed E-state index contributed by atoms with van der Waals surface area (Å²) < 4.78 is 26.7. The third-order valence-corrected chi connectivity index (χ3v) is 3.63. The highest BCUT2D eigenvalue weighted by atomic mass is 19.3. The maximum Gasteiger partial charge on any atom is 0.331 e. The number of nitrogens with zero attached hydrogens (tertiary/aromatic N) is 2. The first kappa shape index (κ1) is 13.3. The van der Waals surface area contributed by atoms with Crippen LogP contribution < -0.4 is 10.6 Å². The lowest BCUT2D eigenvalue weighted by atomic mass is 9.92. The van der Waals surface area contributed by atoms with Gasteiger partial charge in [-0.3, -0.25) is 15.0 Å². The van der Waals surface area contributed by atoms with E-state index < -0.39 is 30.2 Å². The minimum absolute atomic E-state index is 0.0763. The molecule has 2 N–H and O–H groups in total. The fourth-order valence-corrected chi connectivity index (χ4v) is 2.72. The van der Waals surface area contributed by atoms with Crippen molar-refractivity contribution in [3.8, 4) is 0 Å². The van der Waals surface area contributed by atoms with Crippen molar-refractivity contribution in [1.82, 2.24) is 15.1 Å². The molecular formula is C12H10F2N4O3. The van der Waals surface area contributed by atoms with Crippen LogP contribution in [0.15, 0.2) is 24.3 Å². The van der Waals surface area contributed by atoms with Gasteiger partial charge in [-0.2, -0.15) is 8.78 Å². The van der Waals surface area contributed by atoms with Crippen molar-refractivity contribution in [3.05, 3.63) is 29.8 Å². The Balaban J connectivity index is 2.33. The number of urea groups is 2. The van der Waals surface area contributed by atoms with Gasteiger partial charge in [-0.15, -0.1) is 0 Å². The lowest BCUT2D eigenvalue weighted by molar-refractivity contribution is -0.146. The normalized spacial score (nSPS) is 24.5. The van der Waals surface area contributed by atoms with Crippen molar-refractivity contribution in [1.29, 1.82) is 0 Å². The highest BCUT2D eigenvalue weighted by Crippen LogP contribution is 2.44. The first-order valence-corrected chi connectivity index (χ1v) is 5.98. The number of rotatable bonds is 1. The van der Waals surface area contributed by atoms with Gasteiger partial charge in [0.25, 0.3) is 5.91 Å². The Morgan fingerprint density at radius 1 is 1.10 bits per heavy atom. The molecule has 1 atom stereocenters. The minimum Gasteiger partial charge on any atom is -0.307 e. The fraction of sp³-hybridized carbons (Fsp3) is 0.250. The molecule has 1 saturated heterocycles. The van der Waals surface area contributed by atoms with Crippen LogP contribution in [0.4, 0.5) is 24.1 Å². The summed E-state index contributed by atoms with van der Waals surface area (Å²) in [6.07, 6.45) is 0. The van der Waals surface area contributed by atoms with E-state index in [1.807, 2.05) is 5.32 Å². The molecule has 21 heavy (non-hydrogen) atoms. The maximum absolute atomic E-state index is 13.3. The molecule has 2 aliphatic heterocycles. The Morgan fingerprint density at radius 2 is 1.76 bits per heavy atom. The molecular weight excluding hydrogens is 286 g/mol. The number of para-hydroxylation sites is 1. The van der Waals surface area contributed by atoms with E-state index in [2.05, 4.69) is 5.32 Å². The zero-order chi connectivity index (χ0) is 15.4. The monoisotopic (exact) mass is 296 g/mol. The maximum atomic E-state index is 13.3. The molecule has 110 valence electrons. The van der Waals surface area contributed by atoms with Crippen molar-refractivity contribution in [3.63, 3.8) is 0 Å². The van der Waals surface area contributed by atoms with Gasteiger partial charge in [-0.1, -0.05) is 18.2 Å². The molecule has 0 saturated carbocycles. The molecule has 1 aromatic rings. The molecule has 0 radical (unpaired) electrons. The van der Waals surface area contributed by atoms with Crippen LogP contribution in [0.5, 0.6) is 0 Å². The summed E-state index contributed by atoms with van der Waals surface area (Å²) in [6.45, 7) is -3.25. The molecule has 5 amide bonds. The third-order valence-electron chi connectivity index (χ3n) is 3.63. The van der Waals surface area contributed by atoms with Gasteiger partial charge in [0.15, 0.2) is 0 Å². The molecule has 0 aliphatic carbocycles. The van der Waals surface area contributed by atoms with Crippen molar-refractivity contribution >= 4 is 23.7 Å². The van der Waals surface area contributed by atoms with Crippen molar-refractivity contribution in [2.24, 2.45) is 0 Å². The molecule has 1 fully saturated rings. The van der Waals surface area contributed by atoms with Crippen LogP contribution in [0.25, 0.3) is 0 Å². The molecule has 3 rings (SSSR count). The standard InChI is InChI=1S/C12H10F2N4O3/c1-17-10(20)15-7-5-3-2-4-6(7)12(17)8(19)16-11(21)18(12)9(13)14/h2-5,9H,1H3,(H,15,20)(H,16,19,21)/t12-/m0/s1. The molecule has 0 unspecified atom stereocenters. The van der Waals surface area contributed by atoms with Crippen LogP contribution in [-0.4, -0.2) is 41.4 Å². The quantitative estimate of drug-likeness (QED) is 0.601. The molecule has 7 nitrogen and oxygen atoms in total. The number of likely N-dealkylation sites (N-methyl/N-ethyl adjacent to an activating group) is 1. The van der Waals surface area contributed by atoms with Gasteiger partial charge < -0.3 is 5.32 Å². The first-order chi connectivity index (χ1) is 9.90. The Bertz CT molecular complexity index is 666. The Labute approximate surface area is 117 Å². The van der Waals surface area contributed by atoms with Gasteiger partial charge in [0.05, 0.1) is 5.69 Å². The second-order valence-corrected chi connectivity index (χ2v) is 4.61. The predicted octanol–water partition coefficient (Wildman–Crippen LogP) is 1.09. The summed E-state index contributed by atoms with van der Waals surface area (Å²) in [5, 5.41) is 4.33. The second-order valence-electron chi connectivity index (χ2n) is 4.61. The third kappa shape index (κ3) is 1.48. The lowest BCUT2D eigenvalue weighted by Gasteiger charge is -2.45. The number of benzene rings is 1. The van der Waals surface area contributed by atoms with Gasteiger partial charge in [0, 0.05) is 12.6 Å². The van der Waals surface area contributed by atoms with E-state index in [0.717, 1.165) is 4.90 Å². The molecule has 1 aromatic carbocycles. The Morgan fingerprint density at radius 3 is 2.43 bits per heavy atom. The summed E-state index contributed by atoms with van der Waals surface area (Å²) in [6, 6.07) is 4.00. The van der Waals surface area contributed by atoms with Gasteiger partial charge in [0.1, 0.15) is 0 Å². The predicted molar refractivity (Wildman–Crippen MR) is 66.3 cm³/mol. The number of nitrogens with one attached hydrogen (secondary N) is 2. The first-order valence-electron chi connectivity index (χ1n) is 5.98. The van der Waals surface area contributed by atoms with E-state index in [1.54, 1.807) is 6.07 Å². The van der Waals surface area contributed by atoms with Gasteiger partial charge in [-0.05, 0) is 6.07 Å². The largest absolute Gasteiger partial charge is 0.331 e. The summed E-state index contributed by atoms with van der Waals surface area (Å²) in [7, 11) is 1.18. The molecule has 0 bridgehead atoms. The molecule has 9 heteroatoms. The SMILES string of the molecule is CN1C(=O)Nc2ccccc2[C@]12C(=O)NC(=O)N2C(F)F. The summed E-state index contributed by atoms with van der Waals surface area (Å²) in [5.41, 5.74) is -1.88. The number of halogens is 2. The number of imide groups is 1. The van der Waals surface area contributed by atoms with Crippen molar-refractivity contribution in [2.75, 3.05) is 12.4 Å². The van der Waals surface area contributed by atoms with E-state index in [1.165, 1.54) is 25.2 Å². The Kier molecular flexibility index (Phi) is 2.62. The molecule has 2 aliphatic rings. The summed E-state index contributed by atoms with van der Waals surface area (Å²) >= 11 is 0. The smallest absolute Gasteiger partial charge is 0.307 e. The van der Waals surface area contributed by atoms with Crippen LogP contribution in [0.1, 0.15) is 5.56 Å². The molecule has 1 spiro atoms. The number of carbonyl (C=O) groups is 3. The van der Waals surface area contributed by atoms with Crippen LogP contribution in [0, 0.1) is 0 Å². The van der Waals surface area contributed by atoms with Crippen molar-refractivity contribution in [2.45, 2.75) is 12.2 Å². The zero-order valence-electron chi connectivity index (χ0n) is 10.8. The number of fused-ring (bicyclic) bond motifs is 2. The minimum atomic E-state index is -3.25. The number of hydrogen-bond acceptors (Lipinski definition) is 3. The highest BCUT2D eigenvalue weighted by Gasteiger charge is 2.63. The molecule has 0 aromatic heterocycles. The molecule has 2 heterocycles. The van der Waals surface area contributed by atoms with Crippen LogP contribution in [0.3, 0.4) is 0 Å². The average Bonchev–Trinajstić information content (AvgIpc) is 2.68. The van der Waals surface area contributed by atoms with Crippen LogP contribution in [-0.2, 0) is 10.5 Å². The number of hydrogen-bond donors (Lipinski definition) is 2. The van der Waals surface area contributed by atoms with E-state index in [-0.39, 0.29) is 16.2 Å². The van der Waals surface area contributed by atoms with Gasteiger partial charge >= 0.3 is 18.6 Å². The van der Waals surface area contributed by atoms with E-state index in [0.29, 0.717) is 0 Å². The summed E-state index contributed by atoms with van der Waals surface area (Å²) in [5.74, 6) is -0.988. The van der Waals surface area contributed by atoms with E-state index in [9.17, 15) is 23.2 Å². The van der Waals surface area contributed by atoms with Gasteiger partial charge in [0.2, 0.25) is 5.66 Å². The Hall–Kier alpha value is -2.71. The van der Waals surface area contributed by atoms with Crippen molar-refractivity contribution < 1.29 is 23.2 Å². The van der Waals surface area contributed by atoms with Crippen LogP contribution >= 0.6 is 0 Å². The average molecular weight is 296 g/mol. The zero-order valence-corrected chi connectivity index (χ0v) is 10.8. The number of carbonyl (C=O) groups excluding carboxylic acids is 3. The fourth-order valence-electron chi connectivity index (χ4n) is 2.72. The second kappa shape index (κ2) is 4.14. The highest BCUT2D eigenvalue weighted by molar-refractivity contribution is 6.11. The number of alkyl halides is 2.